The third-order valence-corrected chi connectivity index (χ3v) is 6.65. The molecule has 0 bridgehead atoms. The van der Waals surface area contributed by atoms with Gasteiger partial charge in [0.2, 0.25) is 5.95 Å². The van der Waals surface area contributed by atoms with Gasteiger partial charge < -0.3 is 10.1 Å². The van der Waals surface area contributed by atoms with E-state index in [4.69, 9.17) is 11.2 Å². The highest BCUT2D eigenvalue weighted by molar-refractivity contribution is 5.81. The van der Waals surface area contributed by atoms with E-state index in [1.54, 1.807) is 10.9 Å². The zero-order valence-electron chi connectivity index (χ0n) is 21.5. The zero-order valence-corrected chi connectivity index (χ0v) is 21.5. The summed E-state index contributed by atoms with van der Waals surface area (Å²) in [6.45, 7) is 9.95. The minimum absolute atomic E-state index is 0.107. The number of hydrogen-bond donors (Lipinski definition) is 1. The summed E-state index contributed by atoms with van der Waals surface area (Å²) >= 11 is 0. The molecule has 1 aliphatic rings. The van der Waals surface area contributed by atoms with Crippen molar-refractivity contribution in [3.63, 3.8) is 0 Å². The van der Waals surface area contributed by atoms with Crippen molar-refractivity contribution in [1.29, 1.82) is 0 Å². The van der Waals surface area contributed by atoms with Crippen LogP contribution in [0.3, 0.4) is 0 Å². The Bertz CT molecular complexity index is 1440. The lowest BCUT2D eigenvalue weighted by atomic mass is 10.1. The standard InChI is InChI=1S/C29H32N6O/c1-7-20-8-9-27-22(11-20)15-30-28(33-27)32-24-12-21(23-16-31-34(6)17-23)13-25(14-24)36-26-10-19(2)35(18-26)29(3,4)5/h1,8-9,11-17,19,26H,10,18H2,2-6H3,(H,30,32,33)/t19-,26-/m0/s1. The monoisotopic (exact) mass is 480 g/mol. The minimum Gasteiger partial charge on any atom is -0.489 e. The molecule has 0 saturated carbocycles. The van der Waals surface area contributed by atoms with Crippen LogP contribution in [0, 0.1) is 12.3 Å². The molecule has 5 rings (SSSR count). The van der Waals surface area contributed by atoms with Gasteiger partial charge in [0.25, 0.3) is 0 Å². The van der Waals surface area contributed by atoms with Crippen LogP contribution in [0.5, 0.6) is 5.75 Å². The second-order valence-electron chi connectivity index (χ2n) is 10.5. The first-order chi connectivity index (χ1) is 17.2. The Morgan fingerprint density at radius 3 is 2.64 bits per heavy atom. The van der Waals surface area contributed by atoms with Gasteiger partial charge >= 0.3 is 0 Å². The fraction of sp³-hybridized carbons (Fsp3) is 0.345. The van der Waals surface area contributed by atoms with Crippen molar-refractivity contribution in [3.8, 4) is 29.2 Å². The van der Waals surface area contributed by atoms with E-state index >= 15 is 0 Å². The number of likely N-dealkylation sites (tertiary alicyclic amines) is 1. The molecule has 2 aromatic heterocycles. The number of ether oxygens (including phenoxy) is 1. The molecule has 184 valence electrons. The van der Waals surface area contributed by atoms with Crippen LogP contribution in [0.25, 0.3) is 22.0 Å². The summed E-state index contributed by atoms with van der Waals surface area (Å²) in [5.41, 5.74) is 4.63. The van der Waals surface area contributed by atoms with Crippen LogP contribution < -0.4 is 10.1 Å². The summed E-state index contributed by atoms with van der Waals surface area (Å²) in [7, 11) is 1.92. The largest absolute Gasteiger partial charge is 0.489 e. The fourth-order valence-corrected chi connectivity index (χ4v) is 4.98. The molecular formula is C29H32N6O. The number of nitrogens with zero attached hydrogens (tertiary/aromatic N) is 5. The molecule has 7 nitrogen and oxygen atoms in total. The normalized spacial score (nSPS) is 18.3. The lowest BCUT2D eigenvalue weighted by molar-refractivity contribution is 0.115. The summed E-state index contributed by atoms with van der Waals surface area (Å²) in [6.07, 6.45) is 12.3. The molecule has 3 heterocycles. The molecule has 2 aromatic carbocycles. The summed E-state index contributed by atoms with van der Waals surface area (Å²) in [6, 6.07) is 12.3. The highest BCUT2D eigenvalue weighted by Gasteiger charge is 2.36. The molecule has 1 N–H and O–H groups in total. The van der Waals surface area contributed by atoms with E-state index in [0.29, 0.717) is 12.0 Å². The predicted octanol–water partition coefficient (Wildman–Crippen LogP) is 5.40. The van der Waals surface area contributed by atoms with Crippen LogP contribution >= 0.6 is 0 Å². The van der Waals surface area contributed by atoms with Gasteiger partial charge in [-0.3, -0.25) is 9.58 Å². The number of aryl methyl sites for hydroxylation is 1. The zero-order chi connectivity index (χ0) is 25.4. The van der Waals surface area contributed by atoms with Crippen LogP contribution in [-0.2, 0) is 7.05 Å². The van der Waals surface area contributed by atoms with Crippen LogP contribution in [-0.4, -0.2) is 48.9 Å². The lowest BCUT2D eigenvalue weighted by Gasteiger charge is -2.35. The van der Waals surface area contributed by atoms with E-state index in [-0.39, 0.29) is 11.6 Å². The maximum atomic E-state index is 6.55. The van der Waals surface area contributed by atoms with E-state index < -0.39 is 0 Å². The molecule has 0 spiro atoms. The third-order valence-electron chi connectivity index (χ3n) is 6.65. The molecule has 7 heteroatoms. The molecule has 1 fully saturated rings. The predicted molar refractivity (Wildman–Crippen MR) is 144 cm³/mol. The Kier molecular flexibility index (Phi) is 6.15. The number of benzene rings is 2. The van der Waals surface area contributed by atoms with E-state index in [1.165, 1.54) is 0 Å². The van der Waals surface area contributed by atoms with Crippen molar-refractivity contribution in [2.24, 2.45) is 7.05 Å². The quantitative estimate of drug-likeness (QED) is 0.386. The Balaban J connectivity index is 1.44. The van der Waals surface area contributed by atoms with Gasteiger partial charge in [-0.1, -0.05) is 5.92 Å². The van der Waals surface area contributed by atoms with Gasteiger partial charge in [-0.05, 0) is 63.6 Å². The average Bonchev–Trinajstić information content (AvgIpc) is 3.43. The number of aromatic nitrogens is 4. The third kappa shape index (κ3) is 5.05. The van der Waals surface area contributed by atoms with Gasteiger partial charge in [0.15, 0.2) is 0 Å². The first-order valence-corrected chi connectivity index (χ1v) is 12.3. The van der Waals surface area contributed by atoms with Crippen molar-refractivity contribution in [1.82, 2.24) is 24.6 Å². The highest BCUT2D eigenvalue weighted by Crippen LogP contribution is 2.33. The molecule has 4 aromatic rings. The molecule has 0 radical (unpaired) electrons. The van der Waals surface area contributed by atoms with Gasteiger partial charge in [-0.15, -0.1) is 6.42 Å². The van der Waals surface area contributed by atoms with Gasteiger partial charge in [-0.2, -0.15) is 5.10 Å². The van der Waals surface area contributed by atoms with Gasteiger partial charge in [0, 0.05) is 72.3 Å². The molecule has 2 atom stereocenters. The van der Waals surface area contributed by atoms with E-state index in [9.17, 15) is 0 Å². The molecule has 36 heavy (non-hydrogen) atoms. The average molecular weight is 481 g/mol. The maximum absolute atomic E-state index is 6.55. The molecule has 0 aliphatic carbocycles. The summed E-state index contributed by atoms with van der Waals surface area (Å²) < 4.78 is 8.34. The van der Waals surface area contributed by atoms with Crippen LogP contribution in [0.15, 0.2) is 55.0 Å². The Morgan fingerprint density at radius 2 is 1.94 bits per heavy atom. The van der Waals surface area contributed by atoms with Gasteiger partial charge in [0.05, 0.1) is 11.7 Å². The van der Waals surface area contributed by atoms with Crippen LogP contribution in [0.2, 0.25) is 0 Å². The SMILES string of the molecule is C#Cc1ccc2nc(Nc3cc(O[C@H]4C[C@H](C)N(C(C)(C)C)C4)cc(-c4cnn(C)c4)c3)ncc2c1. The van der Waals surface area contributed by atoms with E-state index in [1.807, 2.05) is 43.7 Å². The number of hydrogen-bond acceptors (Lipinski definition) is 6. The second-order valence-corrected chi connectivity index (χ2v) is 10.5. The second kappa shape index (κ2) is 9.29. The topological polar surface area (TPSA) is 68.1 Å². The van der Waals surface area contributed by atoms with Crippen molar-refractivity contribution < 1.29 is 4.74 Å². The Morgan fingerprint density at radius 1 is 1.11 bits per heavy atom. The van der Waals surface area contributed by atoms with E-state index in [0.717, 1.165) is 52.0 Å². The number of fused-ring (bicyclic) bond motifs is 1. The molecule has 1 aliphatic heterocycles. The van der Waals surface area contributed by atoms with Crippen molar-refractivity contribution in [2.75, 3.05) is 11.9 Å². The van der Waals surface area contributed by atoms with Crippen LogP contribution in [0.1, 0.15) is 39.7 Å². The number of nitrogens with one attached hydrogen (secondary N) is 1. The number of rotatable bonds is 5. The van der Waals surface area contributed by atoms with Crippen LogP contribution in [0.4, 0.5) is 11.6 Å². The Labute approximate surface area is 212 Å². The fourth-order valence-electron chi connectivity index (χ4n) is 4.98. The first kappa shape index (κ1) is 23.8. The molecular weight excluding hydrogens is 448 g/mol. The van der Waals surface area contributed by atoms with Crippen molar-refractivity contribution in [2.45, 2.75) is 51.8 Å². The molecule has 0 amide bonds. The summed E-state index contributed by atoms with van der Waals surface area (Å²) in [4.78, 5) is 11.7. The number of anilines is 2. The molecule has 1 saturated heterocycles. The Hall–Kier alpha value is -3.89. The molecule has 0 unspecified atom stereocenters. The van der Waals surface area contributed by atoms with Crippen molar-refractivity contribution >= 4 is 22.5 Å². The summed E-state index contributed by atoms with van der Waals surface area (Å²) in [5, 5.41) is 8.62. The van der Waals surface area contributed by atoms with Gasteiger partial charge in [0.1, 0.15) is 11.9 Å². The first-order valence-electron chi connectivity index (χ1n) is 12.3. The van der Waals surface area contributed by atoms with E-state index in [2.05, 4.69) is 71.0 Å². The maximum Gasteiger partial charge on any atom is 0.227 e. The van der Waals surface area contributed by atoms with Crippen molar-refractivity contribution in [3.05, 3.63) is 60.6 Å². The highest BCUT2D eigenvalue weighted by atomic mass is 16.5. The summed E-state index contributed by atoms with van der Waals surface area (Å²) in [5.74, 6) is 3.98. The smallest absolute Gasteiger partial charge is 0.227 e. The number of terminal acetylenes is 1. The van der Waals surface area contributed by atoms with Gasteiger partial charge in [-0.25, -0.2) is 9.97 Å². The minimum atomic E-state index is 0.107. The lowest BCUT2D eigenvalue weighted by Crippen LogP contribution is -2.44.